The number of amides is 1. The molecule has 0 bridgehead atoms. The van der Waals surface area contributed by atoms with Crippen LogP contribution in [-0.2, 0) is 11.3 Å². The molecule has 0 unspecified atom stereocenters. The molecule has 7 heteroatoms. The van der Waals surface area contributed by atoms with Gasteiger partial charge in [0, 0.05) is 26.1 Å². The molecule has 0 aliphatic rings. The Labute approximate surface area is 161 Å². The first-order valence-corrected chi connectivity index (χ1v) is 8.11. The molecule has 0 saturated heterocycles. The molecule has 1 aromatic carbocycles. The lowest BCUT2D eigenvalue weighted by atomic mass is 10.2. The van der Waals surface area contributed by atoms with Crippen molar-refractivity contribution in [2.45, 2.75) is 33.2 Å². The average Bonchev–Trinajstić information content (AvgIpc) is 2.58. The first-order valence-electron chi connectivity index (χ1n) is 8.11. The van der Waals surface area contributed by atoms with Gasteiger partial charge in [-0.1, -0.05) is 19.1 Å². The summed E-state index contributed by atoms with van der Waals surface area (Å²) in [6, 6.07) is 7.82. The van der Waals surface area contributed by atoms with Crippen molar-refractivity contribution >= 4 is 35.8 Å². The Morgan fingerprint density at radius 3 is 2.38 bits per heavy atom. The number of nitrogens with zero attached hydrogens (tertiary/aromatic N) is 1. The third-order valence-electron chi connectivity index (χ3n) is 3.14. The van der Waals surface area contributed by atoms with E-state index in [-0.39, 0.29) is 29.9 Å². The lowest BCUT2D eigenvalue weighted by Gasteiger charge is -2.11. The number of ether oxygens (including phenoxy) is 1. The third-order valence-corrected chi connectivity index (χ3v) is 3.14. The number of hydrogen-bond donors (Lipinski definition) is 3. The first kappa shape index (κ1) is 22.5. The Balaban J connectivity index is 0.00000529. The van der Waals surface area contributed by atoms with Gasteiger partial charge in [-0.2, -0.15) is 0 Å². The van der Waals surface area contributed by atoms with Gasteiger partial charge in [-0.3, -0.25) is 4.79 Å². The van der Waals surface area contributed by atoms with Gasteiger partial charge in [0.2, 0.25) is 5.91 Å². The topological polar surface area (TPSA) is 74.8 Å². The van der Waals surface area contributed by atoms with Crippen LogP contribution in [0.3, 0.4) is 0 Å². The predicted octanol–water partition coefficient (Wildman–Crippen LogP) is 2.28. The van der Waals surface area contributed by atoms with Gasteiger partial charge in [-0.05, 0) is 31.0 Å². The highest BCUT2D eigenvalue weighted by Gasteiger charge is 2.02. The van der Waals surface area contributed by atoms with Gasteiger partial charge in [0.15, 0.2) is 5.96 Å². The smallest absolute Gasteiger partial charge is 0.221 e. The van der Waals surface area contributed by atoms with Crippen molar-refractivity contribution in [3.63, 3.8) is 0 Å². The Morgan fingerprint density at radius 1 is 1.08 bits per heavy atom. The Kier molecular flexibility index (Phi) is 13.0. The van der Waals surface area contributed by atoms with E-state index >= 15 is 0 Å². The minimum absolute atomic E-state index is 0. The summed E-state index contributed by atoms with van der Waals surface area (Å²) in [6.07, 6.45) is 1.39. The second kappa shape index (κ2) is 13.9. The fraction of sp³-hybridized carbons (Fsp3) is 0.529. The van der Waals surface area contributed by atoms with E-state index < -0.39 is 0 Å². The molecule has 6 nitrogen and oxygen atoms in total. The van der Waals surface area contributed by atoms with Crippen LogP contribution in [0.4, 0.5) is 0 Å². The van der Waals surface area contributed by atoms with Gasteiger partial charge in [-0.25, -0.2) is 4.99 Å². The SMILES string of the molecule is CCCNC(=O)CCNC(=NCc1ccc(OC)cc1)NCC.I. The minimum atomic E-state index is 0. The lowest BCUT2D eigenvalue weighted by Crippen LogP contribution is -2.39. The maximum absolute atomic E-state index is 11.6. The summed E-state index contributed by atoms with van der Waals surface area (Å²) in [4.78, 5) is 16.1. The fourth-order valence-electron chi connectivity index (χ4n) is 1.89. The van der Waals surface area contributed by atoms with Crippen LogP contribution in [0.5, 0.6) is 5.75 Å². The zero-order chi connectivity index (χ0) is 16.9. The number of aliphatic imine (C=N–C) groups is 1. The molecular formula is C17H29IN4O2. The van der Waals surface area contributed by atoms with E-state index in [1.807, 2.05) is 38.1 Å². The molecule has 0 radical (unpaired) electrons. The first-order chi connectivity index (χ1) is 11.2. The van der Waals surface area contributed by atoms with E-state index in [1.54, 1.807) is 7.11 Å². The van der Waals surface area contributed by atoms with Gasteiger partial charge in [0.05, 0.1) is 13.7 Å². The molecule has 0 saturated carbocycles. The van der Waals surface area contributed by atoms with Crippen LogP contribution < -0.4 is 20.7 Å². The van der Waals surface area contributed by atoms with E-state index in [0.717, 1.165) is 30.8 Å². The quantitative estimate of drug-likeness (QED) is 0.308. The van der Waals surface area contributed by atoms with Crippen molar-refractivity contribution in [2.75, 3.05) is 26.7 Å². The fourth-order valence-corrected chi connectivity index (χ4v) is 1.89. The van der Waals surface area contributed by atoms with Crippen LogP contribution in [0.2, 0.25) is 0 Å². The van der Waals surface area contributed by atoms with Gasteiger partial charge in [0.25, 0.3) is 0 Å². The number of methoxy groups -OCH3 is 1. The normalized spacial score (nSPS) is 10.5. The highest BCUT2D eigenvalue weighted by molar-refractivity contribution is 14.0. The molecule has 0 spiro atoms. The number of halogens is 1. The zero-order valence-corrected chi connectivity index (χ0v) is 17.1. The molecule has 1 aromatic rings. The summed E-state index contributed by atoms with van der Waals surface area (Å²) >= 11 is 0. The number of benzene rings is 1. The number of hydrogen-bond acceptors (Lipinski definition) is 3. The van der Waals surface area contributed by atoms with Crippen LogP contribution in [0.1, 0.15) is 32.3 Å². The summed E-state index contributed by atoms with van der Waals surface area (Å²) in [7, 11) is 1.65. The van der Waals surface area contributed by atoms with E-state index in [1.165, 1.54) is 0 Å². The number of rotatable bonds is 9. The molecule has 136 valence electrons. The monoisotopic (exact) mass is 448 g/mol. The van der Waals surface area contributed by atoms with Crippen LogP contribution in [0.15, 0.2) is 29.3 Å². The lowest BCUT2D eigenvalue weighted by molar-refractivity contribution is -0.120. The number of nitrogens with one attached hydrogen (secondary N) is 3. The van der Waals surface area contributed by atoms with Crippen molar-refractivity contribution in [2.24, 2.45) is 4.99 Å². The molecular weight excluding hydrogens is 419 g/mol. The van der Waals surface area contributed by atoms with E-state index in [2.05, 4.69) is 20.9 Å². The van der Waals surface area contributed by atoms with E-state index in [9.17, 15) is 4.79 Å². The number of carbonyl (C=O) groups is 1. The molecule has 0 fully saturated rings. The Bertz CT molecular complexity index is 492. The van der Waals surface area contributed by atoms with Gasteiger partial charge < -0.3 is 20.7 Å². The highest BCUT2D eigenvalue weighted by Crippen LogP contribution is 2.11. The van der Waals surface area contributed by atoms with Gasteiger partial charge in [0.1, 0.15) is 5.75 Å². The van der Waals surface area contributed by atoms with Crippen molar-refractivity contribution in [1.29, 1.82) is 0 Å². The maximum Gasteiger partial charge on any atom is 0.221 e. The summed E-state index contributed by atoms with van der Waals surface area (Å²) in [6.45, 7) is 6.68. The summed E-state index contributed by atoms with van der Waals surface area (Å²) in [5.41, 5.74) is 1.10. The second-order valence-electron chi connectivity index (χ2n) is 5.07. The van der Waals surface area contributed by atoms with E-state index in [0.29, 0.717) is 25.5 Å². The molecule has 0 atom stereocenters. The Morgan fingerprint density at radius 2 is 1.79 bits per heavy atom. The molecule has 3 N–H and O–H groups in total. The molecule has 0 aliphatic heterocycles. The predicted molar refractivity (Wildman–Crippen MR) is 109 cm³/mol. The molecule has 24 heavy (non-hydrogen) atoms. The molecule has 0 aromatic heterocycles. The maximum atomic E-state index is 11.6. The van der Waals surface area contributed by atoms with Crippen molar-refractivity contribution < 1.29 is 9.53 Å². The minimum Gasteiger partial charge on any atom is -0.497 e. The average molecular weight is 448 g/mol. The summed E-state index contributed by atoms with van der Waals surface area (Å²) in [5.74, 6) is 1.61. The van der Waals surface area contributed by atoms with Crippen molar-refractivity contribution in [1.82, 2.24) is 16.0 Å². The third kappa shape index (κ3) is 9.59. The molecule has 1 rings (SSSR count). The van der Waals surface area contributed by atoms with E-state index in [4.69, 9.17) is 4.74 Å². The number of carbonyl (C=O) groups excluding carboxylic acids is 1. The van der Waals surface area contributed by atoms with Crippen molar-refractivity contribution in [3.05, 3.63) is 29.8 Å². The zero-order valence-electron chi connectivity index (χ0n) is 14.7. The molecule has 1 amide bonds. The van der Waals surface area contributed by atoms with Crippen LogP contribution in [-0.4, -0.2) is 38.6 Å². The summed E-state index contributed by atoms with van der Waals surface area (Å²) in [5, 5.41) is 9.20. The van der Waals surface area contributed by atoms with Crippen LogP contribution in [0.25, 0.3) is 0 Å². The van der Waals surface area contributed by atoms with Crippen LogP contribution in [0, 0.1) is 0 Å². The van der Waals surface area contributed by atoms with Crippen molar-refractivity contribution in [3.8, 4) is 5.75 Å². The summed E-state index contributed by atoms with van der Waals surface area (Å²) < 4.78 is 5.14. The number of guanidine groups is 1. The van der Waals surface area contributed by atoms with Gasteiger partial charge >= 0.3 is 0 Å². The van der Waals surface area contributed by atoms with Gasteiger partial charge in [-0.15, -0.1) is 24.0 Å². The largest absolute Gasteiger partial charge is 0.497 e. The highest BCUT2D eigenvalue weighted by atomic mass is 127. The molecule has 0 heterocycles. The van der Waals surface area contributed by atoms with Crippen LogP contribution >= 0.6 is 24.0 Å². The molecule has 0 aliphatic carbocycles. The standard InChI is InChI=1S/C17H28N4O2.HI/c1-4-11-19-16(22)10-12-20-17(18-5-2)21-13-14-6-8-15(23-3)9-7-14;/h6-9H,4-5,10-13H2,1-3H3,(H,19,22)(H2,18,20,21);1H. The second-order valence-corrected chi connectivity index (χ2v) is 5.07. The Hall–Kier alpha value is -1.51.